The summed E-state index contributed by atoms with van der Waals surface area (Å²) in [6.45, 7) is 2.84. The van der Waals surface area contributed by atoms with Crippen molar-refractivity contribution in [3.8, 4) is 11.5 Å². The minimum atomic E-state index is -0.172. The fraction of sp³-hybridized carbons (Fsp3) is 0.129. The number of fused-ring (bicyclic) bond motifs is 1. The molecule has 1 amide bonds. The van der Waals surface area contributed by atoms with Gasteiger partial charge in [0.1, 0.15) is 5.75 Å². The minimum absolute atomic E-state index is 0.172. The number of nitrogens with one attached hydrogen (secondary N) is 1. The molecule has 2 aromatic heterocycles. The average molecular weight is 539 g/mol. The number of benzene rings is 3. The van der Waals surface area contributed by atoms with Crippen molar-refractivity contribution in [1.29, 1.82) is 0 Å². The van der Waals surface area contributed by atoms with Crippen LogP contribution >= 0.6 is 11.6 Å². The molecule has 5 aromatic rings. The number of aryl methyl sites for hydroxylation is 1. The molecule has 7 nitrogen and oxygen atoms in total. The van der Waals surface area contributed by atoms with Gasteiger partial charge >= 0.3 is 0 Å². The van der Waals surface area contributed by atoms with Crippen LogP contribution in [-0.4, -0.2) is 36.1 Å². The van der Waals surface area contributed by atoms with Gasteiger partial charge in [0.25, 0.3) is 5.91 Å². The van der Waals surface area contributed by atoms with E-state index in [0.29, 0.717) is 40.9 Å². The van der Waals surface area contributed by atoms with E-state index < -0.39 is 0 Å². The van der Waals surface area contributed by atoms with Crippen LogP contribution in [0.3, 0.4) is 0 Å². The number of ether oxygens (including phenoxy) is 2. The number of carbonyl (C=O) groups excluding carboxylic acids is 1. The second-order valence-corrected chi connectivity index (χ2v) is 9.25. The lowest BCUT2D eigenvalue weighted by Gasteiger charge is -2.28. The van der Waals surface area contributed by atoms with E-state index in [9.17, 15) is 4.79 Å². The lowest BCUT2D eigenvalue weighted by Crippen LogP contribution is -2.26. The van der Waals surface area contributed by atoms with E-state index >= 15 is 0 Å². The summed E-state index contributed by atoms with van der Waals surface area (Å²) in [6.07, 6.45) is 1.75. The van der Waals surface area contributed by atoms with E-state index in [1.165, 1.54) is 0 Å². The molecule has 196 valence electrons. The first-order valence-corrected chi connectivity index (χ1v) is 12.8. The first kappa shape index (κ1) is 26.2. The van der Waals surface area contributed by atoms with E-state index in [-0.39, 0.29) is 5.91 Å². The van der Waals surface area contributed by atoms with E-state index in [4.69, 9.17) is 21.1 Å². The molecule has 0 radical (unpaired) electrons. The monoisotopic (exact) mass is 538 g/mol. The van der Waals surface area contributed by atoms with Gasteiger partial charge in [-0.25, -0.2) is 9.97 Å². The van der Waals surface area contributed by atoms with Crippen molar-refractivity contribution in [2.75, 3.05) is 25.2 Å². The van der Waals surface area contributed by atoms with Crippen LogP contribution in [0.1, 0.15) is 16.1 Å². The molecule has 1 N–H and O–H groups in total. The van der Waals surface area contributed by atoms with Crippen LogP contribution in [0.5, 0.6) is 11.5 Å². The molecule has 0 atom stereocenters. The molecule has 0 spiro atoms. The van der Waals surface area contributed by atoms with Crippen molar-refractivity contribution in [2.24, 2.45) is 0 Å². The number of nitrogens with zero attached hydrogens (tertiary/aromatic N) is 3. The summed E-state index contributed by atoms with van der Waals surface area (Å²) in [4.78, 5) is 23.6. The largest absolute Gasteiger partial charge is 0.455 e. The van der Waals surface area contributed by atoms with Gasteiger partial charge in [0.05, 0.1) is 18.0 Å². The molecule has 0 aliphatic rings. The third-order valence-electron chi connectivity index (χ3n) is 6.07. The van der Waals surface area contributed by atoms with E-state index in [1.807, 2.05) is 67.6 Å². The van der Waals surface area contributed by atoms with Crippen LogP contribution in [0.25, 0.3) is 11.0 Å². The van der Waals surface area contributed by atoms with E-state index in [1.54, 1.807) is 43.6 Å². The Bertz CT molecular complexity index is 1590. The first-order valence-electron chi connectivity index (χ1n) is 12.5. The average Bonchev–Trinajstić information content (AvgIpc) is 2.95. The topological polar surface area (TPSA) is 76.6 Å². The highest BCUT2D eigenvalue weighted by molar-refractivity contribution is 6.31. The lowest BCUT2D eigenvalue weighted by molar-refractivity contribution is 0.0937. The van der Waals surface area contributed by atoms with Crippen LogP contribution in [0.2, 0.25) is 5.02 Å². The molecule has 39 heavy (non-hydrogen) atoms. The highest BCUT2D eigenvalue weighted by Crippen LogP contribution is 2.44. The highest BCUT2D eigenvalue weighted by Gasteiger charge is 2.21. The van der Waals surface area contributed by atoms with Crippen LogP contribution in [0.4, 0.5) is 17.1 Å². The zero-order valence-electron chi connectivity index (χ0n) is 21.6. The predicted molar refractivity (Wildman–Crippen MR) is 155 cm³/mol. The maximum atomic E-state index is 12.4. The molecule has 0 unspecified atom stereocenters. The van der Waals surface area contributed by atoms with Gasteiger partial charge in [0.15, 0.2) is 11.4 Å². The van der Waals surface area contributed by atoms with Crippen molar-refractivity contribution in [1.82, 2.24) is 15.3 Å². The predicted octanol–water partition coefficient (Wildman–Crippen LogP) is 7.23. The van der Waals surface area contributed by atoms with Crippen LogP contribution in [0, 0.1) is 6.92 Å². The summed E-state index contributed by atoms with van der Waals surface area (Å²) in [7, 11) is 1.59. The van der Waals surface area contributed by atoms with Crippen LogP contribution in [-0.2, 0) is 4.74 Å². The molecule has 0 fully saturated rings. The molecule has 5 rings (SSSR count). The van der Waals surface area contributed by atoms with Crippen molar-refractivity contribution < 1.29 is 14.3 Å². The van der Waals surface area contributed by atoms with Crippen LogP contribution in [0.15, 0.2) is 97.2 Å². The Labute approximate surface area is 232 Å². The number of anilines is 3. The Morgan fingerprint density at radius 3 is 2.51 bits per heavy atom. The van der Waals surface area contributed by atoms with Crippen molar-refractivity contribution in [3.63, 3.8) is 0 Å². The third-order valence-corrected chi connectivity index (χ3v) is 6.31. The number of aromatic nitrogens is 2. The van der Waals surface area contributed by atoms with Gasteiger partial charge in [-0.2, -0.15) is 0 Å². The molecule has 0 aliphatic carbocycles. The normalized spacial score (nSPS) is 10.8. The Kier molecular flexibility index (Phi) is 8.01. The molecule has 0 bridgehead atoms. The van der Waals surface area contributed by atoms with Gasteiger partial charge in [0.2, 0.25) is 0 Å². The molecular weight excluding hydrogens is 512 g/mol. The number of hydrogen-bond donors (Lipinski definition) is 1. The third kappa shape index (κ3) is 6.00. The minimum Gasteiger partial charge on any atom is -0.455 e. The number of carbonyl (C=O) groups is 1. The molecule has 0 aliphatic heterocycles. The fourth-order valence-electron chi connectivity index (χ4n) is 4.21. The van der Waals surface area contributed by atoms with Gasteiger partial charge in [-0.3, -0.25) is 4.79 Å². The number of pyridine rings is 2. The standard InChI is InChI=1S/C31H27ClN4O3/c1-21-8-14-26-27(16-17-33-30(26)35-21)36(24-6-4-3-5-7-24)28-20-23(32)11-15-29(28)39-25-12-9-22(10-13-25)31(37)34-18-19-38-2/h3-17,20H,18-19H2,1-2H3,(H,34,37). The molecule has 0 saturated heterocycles. The fourth-order valence-corrected chi connectivity index (χ4v) is 4.38. The number of rotatable bonds is 9. The number of halogens is 1. The summed E-state index contributed by atoms with van der Waals surface area (Å²) in [5.74, 6) is 0.997. The molecule has 0 saturated carbocycles. The second-order valence-electron chi connectivity index (χ2n) is 8.81. The quantitative estimate of drug-likeness (QED) is 0.199. The SMILES string of the molecule is COCCNC(=O)c1ccc(Oc2ccc(Cl)cc2N(c2ccccc2)c2ccnc3nc(C)ccc23)cc1. The summed E-state index contributed by atoms with van der Waals surface area (Å²) in [5.41, 5.74) is 4.61. The van der Waals surface area contributed by atoms with Gasteiger partial charge in [-0.1, -0.05) is 29.8 Å². The Hall–Kier alpha value is -4.46. The maximum Gasteiger partial charge on any atom is 0.251 e. The Morgan fingerprint density at radius 2 is 1.74 bits per heavy atom. The molecule has 2 heterocycles. The van der Waals surface area contributed by atoms with Gasteiger partial charge in [-0.05, 0) is 79.7 Å². The maximum absolute atomic E-state index is 12.4. The molecule has 3 aromatic carbocycles. The number of amides is 1. The summed E-state index contributed by atoms with van der Waals surface area (Å²) >= 11 is 6.53. The Morgan fingerprint density at radius 1 is 0.949 bits per heavy atom. The van der Waals surface area contributed by atoms with Gasteiger partial charge in [-0.15, -0.1) is 0 Å². The van der Waals surface area contributed by atoms with Crippen molar-refractivity contribution in [2.45, 2.75) is 6.92 Å². The summed E-state index contributed by atoms with van der Waals surface area (Å²) < 4.78 is 11.4. The molecular formula is C31H27ClN4O3. The Balaban J connectivity index is 1.55. The van der Waals surface area contributed by atoms with Gasteiger partial charge in [0, 0.05) is 47.2 Å². The summed E-state index contributed by atoms with van der Waals surface area (Å²) in [5, 5.41) is 4.27. The number of hydrogen-bond acceptors (Lipinski definition) is 6. The van der Waals surface area contributed by atoms with Crippen LogP contribution < -0.4 is 15.0 Å². The lowest BCUT2D eigenvalue weighted by atomic mass is 10.1. The second kappa shape index (κ2) is 11.9. The highest BCUT2D eigenvalue weighted by atomic mass is 35.5. The smallest absolute Gasteiger partial charge is 0.251 e. The van der Waals surface area contributed by atoms with E-state index in [2.05, 4.69) is 20.2 Å². The van der Waals surface area contributed by atoms with Crippen molar-refractivity contribution in [3.05, 3.63) is 113 Å². The van der Waals surface area contributed by atoms with E-state index in [0.717, 1.165) is 28.1 Å². The molecule has 8 heteroatoms. The van der Waals surface area contributed by atoms with Gasteiger partial charge < -0.3 is 19.7 Å². The number of methoxy groups -OCH3 is 1. The zero-order valence-corrected chi connectivity index (χ0v) is 22.4. The number of para-hydroxylation sites is 1. The zero-order chi connectivity index (χ0) is 27.2. The van der Waals surface area contributed by atoms with Crippen molar-refractivity contribution >= 4 is 45.6 Å². The first-order chi connectivity index (χ1) is 19.0. The summed E-state index contributed by atoms with van der Waals surface area (Å²) in [6, 6.07) is 28.4.